The van der Waals surface area contributed by atoms with Crippen molar-refractivity contribution in [1.29, 1.82) is 0 Å². The number of nitrogens with one attached hydrogen (secondary N) is 1. The van der Waals surface area contributed by atoms with Gasteiger partial charge in [0.2, 0.25) is 5.91 Å². The maximum atomic E-state index is 12.2. The Kier molecular flexibility index (Phi) is 5.44. The highest BCUT2D eigenvalue weighted by Gasteiger charge is 2.16. The maximum Gasteiger partial charge on any atom is 0.244 e. The van der Waals surface area contributed by atoms with Crippen LogP contribution in [0, 0.1) is 0 Å². The number of pyridine rings is 1. The van der Waals surface area contributed by atoms with E-state index in [2.05, 4.69) is 10.3 Å². The van der Waals surface area contributed by atoms with Crippen LogP contribution in [0.1, 0.15) is 11.1 Å². The molecule has 0 unspecified atom stereocenters. The molecule has 0 bridgehead atoms. The van der Waals surface area contributed by atoms with Crippen molar-refractivity contribution in [2.24, 2.45) is 0 Å². The number of aromatic nitrogens is 1. The third-order valence-electron chi connectivity index (χ3n) is 4.45. The lowest BCUT2D eigenvalue weighted by Gasteiger charge is -2.20. The van der Waals surface area contributed by atoms with Gasteiger partial charge in [-0.15, -0.1) is 0 Å². The summed E-state index contributed by atoms with van der Waals surface area (Å²) in [6.45, 7) is 1.50. The maximum absolute atomic E-state index is 12.2. The molecule has 1 aromatic heterocycles. The molecule has 1 amide bonds. The predicted molar refractivity (Wildman–Crippen MR) is 110 cm³/mol. The van der Waals surface area contributed by atoms with Crippen LogP contribution in [0.4, 0.5) is 0 Å². The van der Waals surface area contributed by atoms with Crippen molar-refractivity contribution in [2.75, 3.05) is 19.8 Å². The molecule has 0 fully saturated rings. The molecule has 2 aromatic carbocycles. The van der Waals surface area contributed by atoms with Gasteiger partial charge < -0.3 is 14.8 Å². The zero-order chi connectivity index (χ0) is 19.3. The van der Waals surface area contributed by atoms with Crippen LogP contribution in [-0.4, -0.2) is 30.6 Å². The van der Waals surface area contributed by atoms with E-state index in [1.807, 2.05) is 42.5 Å². The molecule has 1 aliphatic heterocycles. The van der Waals surface area contributed by atoms with Crippen LogP contribution in [0.15, 0.2) is 54.7 Å². The average molecular weight is 395 g/mol. The molecule has 1 N–H and O–H groups in total. The number of benzene rings is 2. The number of ether oxygens (including phenoxy) is 2. The summed E-state index contributed by atoms with van der Waals surface area (Å²) in [5, 5.41) is 4.46. The Balaban J connectivity index is 1.36. The Morgan fingerprint density at radius 2 is 2.04 bits per heavy atom. The molecule has 142 valence electrons. The van der Waals surface area contributed by atoms with E-state index in [0.29, 0.717) is 42.7 Å². The number of fused-ring (bicyclic) bond motifs is 2. The molecular weight excluding hydrogens is 376 g/mol. The number of rotatable bonds is 5. The quantitative estimate of drug-likeness (QED) is 0.664. The van der Waals surface area contributed by atoms with Gasteiger partial charge >= 0.3 is 0 Å². The summed E-state index contributed by atoms with van der Waals surface area (Å²) in [5.41, 5.74) is 2.77. The van der Waals surface area contributed by atoms with Crippen molar-refractivity contribution in [3.63, 3.8) is 0 Å². The molecule has 5 nitrogen and oxygen atoms in total. The second kappa shape index (κ2) is 8.31. The minimum absolute atomic E-state index is 0.156. The predicted octanol–water partition coefficient (Wildman–Crippen LogP) is 4.03. The van der Waals surface area contributed by atoms with Gasteiger partial charge in [0.05, 0.1) is 10.5 Å². The molecule has 0 spiro atoms. The van der Waals surface area contributed by atoms with Gasteiger partial charge in [-0.05, 0) is 36.3 Å². The molecule has 0 atom stereocenters. The number of hydrogen-bond donors (Lipinski definition) is 1. The van der Waals surface area contributed by atoms with Gasteiger partial charge in [0.1, 0.15) is 13.2 Å². The van der Waals surface area contributed by atoms with E-state index < -0.39 is 0 Å². The number of nitrogens with zero attached hydrogens (tertiary/aromatic N) is 1. The average Bonchev–Trinajstić information content (AvgIpc) is 2.72. The summed E-state index contributed by atoms with van der Waals surface area (Å²) in [6.07, 6.45) is 5.70. The van der Waals surface area contributed by atoms with Crippen LogP contribution in [0.3, 0.4) is 0 Å². The first-order valence-corrected chi connectivity index (χ1v) is 9.46. The van der Waals surface area contributed by atoms with Crippen LogP contribution in [0.2, 0.25) is 5.02 Å². The first-order valence-electron chi connectivity index (χ1n) is 9.08. The summed E-state index contributed by atoms with van der Waals surface area (Å²) < 4.78 is 11.1. The fourth-order valence-electron chi connectivity index (χ4n) is 3.13. The first kappa shape index (κ1) is 18.3. The van der Waals surface area contributed by atoms with Crippen LogP contribution in [-0.2, 0) is 11.2 Å². The number of carbonyl (C=O) groups excluding carboxylic acids is 1. The van der Waals surface area contributed by atoms with Crippen molar-refractivity contribution < 1.29 is 14.3 Å². The summed E-state index contributed by atoms with van der Waals surface area (Å²) in [6, 6.07) is 13.5. The van der Waals surface area contributed by atoms with Gasteiger partial charge in [-0.2, -0.15) is 0 Å². The smallest absolute Gasteiger partial charge is 0.244 e. The molecule has 28 heavy (non-hydrogen) atoms. The van der Waals surface area contributed by atoms with Crippen molar-refractivity contribution in [3.05, 3.63) is 70.9 Å². The van der Waals surface area contributed by atoms with E-state index in [0.717, 1.165) is 22.0 Å². The SMILES string of the molecule is O=C(/C=C/c1cccc2cccnc12)NCCc1cc(Cl)c2c(c1)OCCO2. The van der Waals surface area contributed by atoms with Gasteiger partial charge in [-0.1, -0.05) is 35.9 Å². The zero-order valence-corrected chi connectivity index (χ0v) is 15.9. The van der Waals surface area contributed by atoms with E-state index in [4.69, 9.17) is 21.1 Å². The summed E-state index contributed by atoms with van der Waals surface area (Å²) >= 11 is 6.24. The molecule has 0 aliphatic carbocycles. The fraction of sp³-hybridized carbons (Fsp3) is 0.182. The second-order valence-corrected chi connectivity index (χ2v) is 6.81. The lowest BCUT2D eigenvalue weighted by molar-refractivity contribution is -0.116. The van der Waals surface area contributed by atoms with Gasteiger partial charge in [-0.3, -0.25) is 9.78 Å². The van der Waals surface area contributed by atoms with Crippen molar-refractivity contribution in [1.82, 2.24) is 10.3 Å². The van der Waals surface area contributed by atoms with Crippen LogP contribution in [0.5, 0.6) is 11.5 Å². The molecule has 6 heteroatoms. The minimum Gasteiger partial charge on any atom is -0.486 e. The van der Waals surface area contributed by atoms with Gasteiger partial charge in [0, 0.05) is 29.8 Å². The van der Waals surface area contributed by atoms with E-state index >= 15 is 0 Å². The van der Waals surface area contributed by atoms with Gasteiger partial charge in [-0.25, -0.2) is 0 Å². The number of halogens is 1. The lowest BCUT2D eigenvalue weighted by atomic mass is 10.1. The topological polar surface area (TPSA) is 60.5 Å². The fourth-order valence-corrected chi connectivity index (χ4v) is 3.41. The lowest BCUT2D eigenvalue weighted by Crippen LogP contribution is -2.23. The van der Waals surface area contributed by atoms with Crippen LogP contribution < -0.4 is 14.8 Å². The Bertz CT molecular complexity index is 1040. The molecular formula is C22H19ClN2O3. The van der Waals surface area contributed by atoms with Gasteiger partial charge in [0.15, 0.2) is 11.5 Å². The van der Waals surface area contributed by atoms with E-state index in [1.165, 1.54) is 6.08 Å². The van der Waals surface area contributed by atoms with E-state index in [9.17, 15) is 4.79 Å². The van der Waals surface area contributed by atoms with E-state index in [-0.39, 0.29) is 5.91 Å². The summed E-state index contributed by atoms with van der Waals surface area (Å²) in [7, 11) is 0. The Hall–Kier alpha value is -3.05. The Morgan fingerprint density at radius 1 is 1.18 bits per heavy atom. The number of carbonyl (C=O) groups is 1. The molecule has 2 heterocycles. The van der Waals surface area contributed by atoms with Gasteiger partial charge in [0.25, 0.3) is 0 Å². The van der Waals surface area contributed by atoms with E-state index in [1.54, 1.807) is 12.3 Å². The summed E-state index contributed by atoms with van der Waals surface area (Å²) in [5.74, 6) is 1.09. The highest BCUT2D eigenvalue weighted by Crippen LogP contribution is 2.38. The molecule has 3 aromatic rings. The molecule has 0 saturated heterocycles. The normalized spacial score (nSPS) is 13.0. The third-order valence-corrected chi connectivity index (χ3v) is 4.73. The third kappa shape index (κ3) is 4.10. The second-order valence-electron chi connectivity index (χ2n) is 6.40. The van der Waals surface area contributed by atoms with Crippen molar-refractivity contribution >= 4 is 34.5 Å². The molecule has 1 aliphatic rings. The standard InChI is InChI=1S/C22H19ClN2O3/c23-18-13-15(14-19-22(18)28-12-11-27-19)8-10-24-20(26)7-6-17-4-1-3-16-5-2-9-25-21(16)17/h1-7,9,13-14H,8,10-12H2,(H,24,26)/b7-6+. The molecule has 0 saturated carbocycles. The summed E-state index contributed by atoms with van der Waals surface area (Å²) in [4.78, 5) is 16.5. The number of amides is 1. The number of para-hydroxylation sites is 1. The molecule has 0 radical (unpaired) electrons. The highest BCUT2D eigenvalue weighted by molar-refractivity contribution is 6.32. The van der Waals surface area contributed by atoms with Crippen molar-refractivity contribution in [2.45, 2.75) is 6.42 Å². The minimum atomic E-state index is -0.156. The zero-order valence-electron chi connectivity index (χ0n) is 15.2. The highest BCUT2D eigenvalue weighted by atomic mass is 35.5. The Labute approximate surface area is 167 Å². The molecule has 4 rings (SSSR count). The monoisotopic (exact) mass is 394 g/mol. The Morgan fingerprint density at radius 3 is 2.96 bits per heavy atom. The van der Waals surface area contributed by atoms with Crippen LogP contribution in [0.25, 0.3) is 17.0 Å². The number of hydrogen-bond acceptors (Lipinski definition) is 4. The van der Waals surface area contributed by atoms with Crippen molar-refractivity contribution in [3.8, 4) is 11.5 Å². The largest absolute Gasteiger partial charge is 0.486 e. The van der Waals surface area contributed by atoms with Crippen LogP contribution >= 0.6 is 11.6 Å². The first-order chi connectivity index (χ1) is 13.7.